The van der Waals surface area contributed by atoms with Crippen LogP contribution in [0.3, 0.4) is 0 Å². The van der Waals surface area contributed by atoms with Gasteiger partial charge in [0.05, 0.1) is 0 Å². The van der Waals surface area contributed by atoms with E-state index in [0.29, 0.717) is 0 Å². The van der Waals surface area contributed by atoms with Gasteiger partial charge in [0.15, 0.2) is 0 Å². The Labute approximate surface area is 73.1 Å². The van der Waals surface area contributed by atoms with Gasteiger partial charge in [-0.1, -0.05) is 0 Å². The molecule has 0 aliphatic heterocycles. The molecule has 0 spiro atoms. The quantitative estimate of drug-likeness (QED) is 0.438. The van der Waals surface area contributed by atoms with Gasteiger partial charge < -0.3 is 21.9 Å². The van der Waals surface area contributed by atoms with Crippen LogP contribution in [-0.4, -0.2) is 20.3 Å². The molecule has 0 unspecified atom stereocenters. The molecule has 0 amide bonds. The maximum atomic E-state index is 8.06. The Morgan fingerprint density at radius 2 is 0.556 bits per heavy atom. The molecule has 48 valence electrons. The van der Waals surface area contributed by atoms with E-state index in [1.807, 2.05) is 0 Å². The molecular formula is O6Si2Ti. The molecule has 9 heteroatoms. The minimum atomic E-state index is 0. The first-order chi connectivity index (χ1) is 2.00. The van der Waals surface area contributed by atoms with Gasteiger partial charge in [-0.2, -0.15) is 0 Å². The molecule has 0 aliphatic rings. The van der Waals surface area contributed by atoms with Crippen molar-refractivity contribution in [1.29, 1.82) is 0 Å². The molecule has 0 aromatic heterocycles. The third-order valence-electron chi connectivity index (χ3n) is 0. The Bertz CT molecular complexity index is 13.0. The van der Waals surface area contributed by atoms with E-state index in [9.17, 15) is 0 Å². The van der Waals surface area contributed by atoms with E-state index in [0.717, 1.165) is 0 Å². The van der Waals surface area contributed by atoms with Crippen molar-refractivity contribution in [2.75, 3.05) is 0 Å². The topological polar surface area (TPSA) is 148 Å². The van der Waals surface area contributed by atoms with E-state index >= 15 is 0 Å². The monoisotopic (exact) mass is 200 g/mol. The summed E-state index contributed by atoms with van der Waals surface area (Å²) in [5.41, 5.74) is 0. The fourth-order valence-corrected chi connectivity index (χ4v) is 0. The number of hydrogen-bond donors (Lipinski definition) is 0. The van der Waals surface area contributed by atoms with Crippen LogP contribution in [0.1, 0.15) is 0 Å². The Kier molecular flexibility index (Phi) is 16800. The zero-order chi connectivity index (χ0) is 4.00. The van der Waals surface area contributed by atoms with E-state index in [4.69, 9.17) is 8.92 Å². The van der Waals surface area contributed by atoms with Crippen molar-refractivity contribution in [2.45, 2.75) is 0 Å². The largest absolute Gasteiger partial charge is 4.00 e. The average molecular weight is 200 g/mol. The van der Waals surface area contributed by atoms with E-state index in [2.05, 4.69) is 0 Å². The summed E-state index contributed by atoms with van der Waals surface area (Å²) >= 11 is 0. The van der Waals surface area contributed by atoms with Gasteiger partial charge in [-0.15, -0.1) is 0 Å². The van der Waals surface area contributed by atoms with E-state index in [1.54, 1.807) is 20.3 Å². The minimum Gasteiger partial charge on any atom is -2.00 e. The van der Waals surface area contributed by atoms with Crippen molar-refractivity contribution in [2.24, 2.45) is 0 Å². The predicted octanol–water partition coefficient (Wildman–Crippen LogP) is -1.48. The maximum absolute atomic E-state index is 8.06. The van der Waals surface area contributed by atoms with Crippen LogP contribution < -0.4 is 0 Å². The molecule has 0 aromatic carbocycles. The number of hydrogen-bond acceptors (Lipinski definition) is 2. The fourth-order valence-electron chi connectivity index (χ4n) is 0. The normalized spacial score (nSPS) is 1.33. The molecule has 0 aliphatic carbocycles. The van der Waals surface area contributed by atoms with Gasteiger partial charge in [0.25, 0.3) is 0 Å². The molecule has 0 heterocycles. The van der Waals surface area contributed by atoms with E-state index < -0.39 is 0 Å². The molecule has 0 saturated carbocycles. The summed E-state index contributed by atoms with van der Waals surface area (Å²) < 4.78 is 16.1. The summed E-state index contributed by atoms with van der Waals surface area (Å²) in [4.78, 5) is 0. The second-order valence-corrected chi connectivity index (χ2v) is 0. The standard InChI is InChI=1S/2OSi.4O.Ti/c2*1-2;;;;;/q2*+2;4*-2;+4. The molecule has 0 bridgehead atoms. The molecule has 0 rings (SSSR count). The molecule has 9 heavy (non-hydrogen) atoms. The summed E-state index contributed by atoms with van der Waals surface area (Å²) in [6, 6.07) is 0. The van der Waals surface area contributed by atoms with Crippen molar-refractivity contribution in [3.05, 3.63) is 0 Å². The fraction of sp³-hybridized carbons (Fsp3) is 0. The zero-order valence-corrected chi connectivity index (χ0v) is 7.51. The Morgan fingerprint density at radius 3 is 0.556 bits per heavy atom. The zero-order valence-electron chi connectivity index (χ0n) is 3.95. The van der Waals surface area contributed by atoms with Crippen molar-refractivity contribution in [1.82, 2.24) is 0 Å². The molecule has 0 radical (unpaired) electrons. The van der Waals surface area contributed by atoms with Gasteiger partial charge in [0, 0.05) is 0 Å². The molecule has 0 fully saturated rings. The smallest absolute Gasteiger partial charge is 2.00 e. The Morgan fingerprint density at radius 1 is 0.556 bits per heavy atom. The number of rotatable bonds is 0. The van der Waals surface area contributed by atoms with Gasteiger partial charge in [-0.3, -0.25) is 0 Å². The van der Waals surface area contributed by atoms with Crippen LogP contribution in [0.15, 0.2) is 0 Å². The molecule has 0 N–H and O–H groups in total. The second kappa shape index (κ2) is 1430. The minimum absolute atomic E-state index is 0. The molecule has 0 aromatic rings. The van der Waals surface area contributed by atoms with Gasteiger partial charge in [0.2, 0.25) is 0 Å². The Hall–Kier alpha value is 0.588. The molecule has 0 atom stereocenters. The summed E-state index contributed by atoms with van der Waals surface area (Å²) in [6.07, 6.45) is 0. The maximum Gasteiger partial charge on any atom is 4.00 e. The van der Waals surface area contributed by atoms with Crippen molar-refractivity contribution >= 4 is 20.3 Å². The van der Waals surface area contributed by atoms with Gasteiger partial charge in [-0.05, 0) is 0 Å². The van der Waals surface area contributed by atoms with Crippen LogP contribution >= 0.6 is 0 Å². The summed E-state index contributed by atoms with van der Waals surface area (Å²) in [7, 11) is 3.44. The van der Waals surface area contributed by atoms with Crippen LogP contribution in [-0.2, 0) is 52.5 Å². The molecular weight excluding hydrogens is 200 g/mol. The summed E-state index contributed by atoms with van der Waals surface area (Å²) in [6.45, 7) is 0. The van der Waals surface area contributed by atoms with Crippen LogP contribution in [0.5, 0.6) is 0 Å². The van der Waals surface area contributed by atoms with Crippen LogP contribution in [0, 0.1) is 0 Å². The summed E-state index contributed by atoms with van der Waals surface area (Å²) in [5.74, 6) is 0. The predicted molar refractivity (Wildman–Crippen MR) is 15.6 cm³/mol. The Balaban J connectivity index is -0.00000000114. The first-order valence-electron chi connectivity index (χ1n) is 0.408. The average Bonchev–Trinajstić information content (AvgIpc) is 1.50. The van der Waals surface area contributed by atoms with E-state index in [1.165, 1.54) is 0 Å². The van der Waals surface area contributed by atoms with Gasteiger partial charge >= 0.3 is 50.9 Å². The molecule has 6 nitrogen and oxygen atoms in total. The summed E-state index contributed by atoms with van der Waals surface area (Å²) in [5, 5.41) is 0. The SMILES string of the molecule is O=[Si+2].O=[Si+2].[O-2].[O-2].[O-2].[O-2].[Ti+4]. The van der Waals surface area contributed by atoms with E-state index in [-0.39, 0.29) is 43.6 Å². The van der Waals surface area contributed by atoms with Crippen LogP contribution in [0.25, 0.3) is 0 Å². The van der Waals surface area contributed by atoms with Crippen LogP contribution in [0.4, 0.5) is 0 Å². The third kappa shape index (κ3) is 1080. The second-order valence-electron chi connectivity index (χ2n) is 0. The van der Waals surface area contributed by atoms with Gasteiger partial charge in [0.1, 0.15) is 0 Å². The first kappa shape index (κ1) is 106. The van der Waals surface area contributed by atoms with Crippen LogP contribution in [0.2, 0.25) is 0 Å². The first-order valence-corrected chi connectivity index (χ1v) is 1.22. The van der Waals surface area contributed by atoms with Crippen molar-refractivity contribution in [3.63, 3.8) is 0 Å². The molecule has 0 saturated heterocycles. The van der Waals surface area contributed by atoms with Gasteiger partial charge in [-0.25, -0.2) is 0 Å². The van der Waals surface area contributed by atoms with Crippen molar-refractivity contribution in [3.8, 4) is 0 Å². The van der Waals surface area contributed by atoms with Crippen molar-refractivity contribution < 1.29 is 52.5 Å². The third-order valence-corrected chi connectivity index (χ3v) is 0.